The van der Waals surface area contributed by atoms with E-state index in [-0.39, 0.29) is 42.0 Å². The van der Waals surface area contributed by atoms with E-state index in [0.29, 0.717) is 30.9 Å². The van der Waals surface area contributed by atoms with Crippen LogP contribution in [0.25, 0.3) is 11.1 Å². The van der Waals surface area contributed by atoms with Crippen molar-refractivity contribution < 1.29 is 29.3 Å². The number of carboxylic acids is 1. The molecule has 2 heterocycles. The van der Waals surface area contributed by atoms with Crippen molar-refractivity contribution in [3.63, 3.8) is 0 Å². The van der Waals surface area contributed by atoms with Gasteiger partial charge in [-0.05, 0) is 43.8 Å². The van der Waals surface area contributed by atoms with Gasteiger partial charge >= 0.3 is 5.97 Å². The van der Waals surface area contributed by atoms with Crippen LogP contribution in [0.2, 0.25) is 0 Å². The van der Waals surface area contributed by atoms with Crippen molar-refractivity contribution in [2.75, 3.05) is 33.9 Å². The summed E-state index contributed by atoms with van der Waals surface area (Å²) in [4.78, 5) is 33.3. The number of hydrogen-bond donors (Lipinski definition) is 2. The van der Waals surface area contributed by atoms with Crippen LogP contribution < -0.4 is 9.47 Å². The van der Waals surface area contributed by atoms with E-state index in [1.54, 1.807) is 36.4 Å². The maximum atomic E-state index is 13.7. The fourth-order valence-electron chi connectivity index (χ4n) is 4.79. The zero-order valence-electron chi connectivity index (χ0n) is 22.7. The lowest BCUT2D eigenvalue weighted by Crippen LogP contribution is -2.49. The summed E-state index contributed by atoms with van der Waals surface area (Å²) in [6.07, 6.45) is 1.39. The third-order valence-electron chi connectivity index (χ3n) is 7.08. The zero-order chi connectivity index (χ0) is 28.1. The molecule has 2 aromatic carbocycles. The number of aromatic carboxylic acids is 1. The Bertz CT molecular complexity index is 1310. The van der Waals surface area contributed by atoms with Gasteiger partial charge in [-0.1, -0.05) is 37.3 Å². The summed E-state index contributed by atoms with van der Waals surface area (Å²) in [5.74, 6) is -0.326. The van der Waals surface area contributed by atoms with Gasteiger partial charge in [0.1, 0.15) is 17.4 Å². The number of aromatic nitrogens is 1. The molecule has 0 radical (unpaired) electrons. The van der Waals surface area contributed by atoms with E-state index in [4.69, 9.17) is 14.6 Å². The van der Waals surface area contributed by atoms with Crippen LogP contribution in [0.5, 0.6) is 11.6 Å². The summed E-state index contributed by atoms with van der Waals surface area (Å²) in [7, 11) is 3.57. The van der Waals surface area contributed by atoms with Gasteiger partial charge in [0, 0.05) is 42.9 Å². The average molecular weight is 534 g/mol. The largest absolute Gasteiger partial charge is 0.496 e. The molecule has 3 aromatic rings. The first-order chi connectivity index (χ1) is 18.7. The quantitative estimate of drug-likeness (QED) is 0.427. The average Bonchev–Trinajstić information content (AvgIpc) is 2.94. The molecule has 9 nitrogen and oxygen atoms in total. The number of para-hydroxylation sites is 1. The molecule has 2 N–H and O–H groups in total. The van der Waals surface area contributed by atoms with Gasteiger partial charge in [0.15, 0.2) is 0 Å². The maximum Gasteiger partial charge on any atom is 0.335 e. The van der Waals surface area contributed by atoms with Crippen LogP contribution in [-0.2, 0) is 6.54 Å². The number of ether oxygens (including phenoxy) is 2. The lowest BCUT2D eigenvalue weighted by molar-refractivity contribution is 0.0325. The molecule has 1 aromatic heterocycles. The van der Waals surface area contributed by atoms with Gasteiger partial charge in [-0.25, -0.2) is 9.78 Å². The Morgan fingerprint density at radius 2 is 1.92 bits per heavy atom. The number of rotatable bonds is 9. The number of fused-ring (bicyclic) bond motifs is 1. The number of carboxylic acid groups (broad SMARTS) is 1. The summed E-state index contributed by atoms with van der Waals surface area (Å²) in [6.45, 7) is 5.24. The highest BCUT2D eigenvalue weighted by atomic mass is 16.5. The van der Waals surface area contributed by atoms with E-state index in [1.807, 2.05) is 57.3 Å². The van der Waals surface area contributed by atoms with Crippen molar-refractivity contribution in [1.82, 2.24) is 14.8 Å². The molecular weight excluding hydrogens is 498 g/mol. The Balaban J connectivity index is 1.64. The predicted molar refractivity (Wildman–Crippen MR) is 147 cm³/mol. The number of benzene rings is 2. The summed E-state index contributed by atoms with van der Waals surface area (Å²) < 4.78 is 11.9. The van der Waals surface area contributed by atoms with Crippen molar-refractivity contribution in [3.8, 4) is 22.8 Å². The standard InChI is InChI=1S/C30H35N3O6/c1-19-15-33(20(2)18-34)29(35)25-13-23(24-7-5-6-8-26(24)38-4)14-31-28(25)39-27(19)17-32(3)16-21-9-11-22(12-10-21)30(36)37/h5-14,19-20,27,34H,15-18H2,1-4H3,(H,36,37)/t19-,20-,27-/m1/s1. The molecule has 0 saturated carbocycles. The SMILES string of the molecule is COc1ccccc1-c1cnc2c(c1)C(=O)N([C@H](C)CO)C[C@@H](C)[C@@H](CN(C)Cc1ccc(C(=O)O)cc1)O2. The molecule has 4 rings (SSSR count). The second-order valence-corrected chi connectivity index (χ2v) is 10.1. The number of amides is 1. The summed E-state index contributed by atoms with van der Waals surface area (Å²) >= 11 is 0. The number of carbonyl (C=O) groups is 2. The fraction of sp³-hybridized carbons (Fsp3) is 0.367. The van der Waals surface area contributed by atoms with Crippen LogP contribution >= 0.6 is 0 Å². The summed E-state index contributed by atoms with van der Waals surface area (Å²) in [5.41, 5.74) is 3.10. The first kappa shape index (κ1) is 28.1. The predicted octanol–water partition coefficient (Wildman–Crippen LogP) is 3.81. The number of hydrogen-bond acceptors (Lipinski definition) is 7. The summed E-state index contributed by atoms with van der Waals surface area (Å²) in [5, 5.41) is 19.1. The number of likely N-dealkylation sites (N-methyl/N-ethyl adjacent to an activating group) is 1. The van der Waals surface area contributed by atoms with Gasteiger partial charge in [0.2, 0.25) is 5.88 Å². The van der Waals surface area contributed by atoms with Crippen molar-refractivity contribution in [1.29, 1.82) is 0 Å². The molecule has 1 aliphatic heterocycles. The van der Waals surface area contributed by atoms with E-state index in [9.17, 15) is 14.7 Å². The third-order valence-corrected chi connectivity index (χ3v) is 7.08. The Kier molecular flexibility index (Phi) is 8.83. The number of aliphatic hydroxyl groups excluding tert-OH is 1. The molecule has 0 aliphatic carbocycles. The topological polar surface area (TPSA) is 112 Å². The molecule has 39 heavy (non-hydrogen) atoms. The minimum absolute atomic E-state index is 0.0522. The molecular formula is C30H35N3O6. The van der Waals surface area contributed by atoms with Crippen LogP contribution in [0.1, 0.15) is 40.1 Å². The first-order valence-corrected chi connectivity index (χ1v) is 12.9. The monoisotopic (exact) mass is 533 g/mol. The Labute approximate surface area is 228 Å². The second-order valence-electron chi connectivity index (χ2n) is 10.1. The molecule has 1 aliphatic rings. The maximum absolute atomic E-state index is 13.7. The lowest BCUT2D eigenvalue weighted by Gasteiger charge is -2.37. The Morgan fingerprint density at radius 3 is 2.59 bits per heavy atom. The minimum atomic E-state index is -0.956. The zero-order valence-corrected chi connectivity index (χ0v) is 22.7. The van der Waals surface area contributed by atoms with Crippen LogP contribution in [-0.4, -0.2) is 82.9 Å². The van der Waals surface area contributed by atoms with Gasteiger partial charge in [-0.3, -0.25) is 9.69 Å². The molecule has 9 heteroatoms. The van der Waals surface area contributed by atoms with Crippen molar-refractivity contribution in [2.24, 2.45) is 5.92 Å². The highest BCUT2D eigenvalue weighted by Gasteiger charge is 2.34. The van der Waals surface area contributed by atoms with Crippen molar-refractivity contribution in [2.45, 2.75) is 32.5 Å². The highest BCUT2D eigenvalue weighted by Crippen LogP contribution is 2.34. The first-order valence-electron chi connectivity index (χ1n) is 12.9. The smallest absolute Gasteiger partial charge is 0.335 e. The fourth-order valence-corrected chi connectivity index (χ4v) is 4.79. The van der Waals surface area contributed by atoms with Gasteiger partial charge in [0.25, 0.3) is 5.91 Å². The van der Waals surface area contributed by atoms with Gasteiger partial charge in [-0.15, -0.1) is 0 Å². The Morgan fingerprint density at radius 1 is 1.21 bits per heavy atom. The van der Waals surface area contributed by atoms with E-state index < -0.39 is 5.97 Å². The van der Waals surface area contributed by atoms with Crippen molar-refractivity contribution >= 4 is 11.9 Å². The molecule has 0 bridgehead atoms. The molecule has 3 atom stereocenters. The Hall–Kier alpha value is -3.95. The number of pyridine rings is 1. The second kappa shape index (κ2) is 12.3. The molecule has 0 fully saturated rings. The molecule has 1 amide bonds. The van der Waals surface area contributed by atoms with E-state index in [2.05, 4.69) is 9.88 Å². The lowest BCUT2D eigenvalue weighted by atomic mass is 9.98. The van der Waals surface area contributed by atoms with Crippen LogP contribution in [0, 0.1) is 5.92 Å². The van der Waals surface area contributed by atoms with Crippen molar-refractivity contribution in [3.05, 3.63) is 77.5 Å². The van der Waals surface area contributed by atoms with Crippen LogP contribution in [0.4, 0.5) is 0 Å². The summed E-state index contributed by atoms with van der Waals surface area (Å²) in [6, 6.07) is 15.7. The highest BCUT2D eigenvalue weighted by molar-refractivity contribution is 5.98. The van der Waals surface area contributed by atoms with Crippen LogP contribution in [0.3, 0.4) is 0 Å². The minimum Gasteiger partial charge on any atom is -0.496 e. The molecule has 206 valence electrons. The van der Waals surface area contributed by atoms with E-state index in [0.717, 1.165) is 16.7 Å². The molecule has 0 saturated heterocycles. The van der Waals surface area contributed by atoms with Gasteiger partial charge in [-0.2, -0.15) is 0 Å². The third kappa shape index (κ3) is 6.38. The molecule has 0 spiro atoms. The number of carbonyl (C=O) groups excluding carboxylic acids is 1. The van der Waals surface area contributed by atoms with Gasteiger partial charge in [0.05, 0.1) is 25.3 Å². The van der Waals surface area contributed by atoms with Crippen LogP contribution in [0.15, 0.2) is 60.8 Å². The van der Waals surface area contributed by atoms with Gasteiger partial charge < -0.3 is 24.6 Å². The normalized spacial score (nSPS) is 18.1. The number of nitrogens with zero attached hydrogens (tertiary/aromatic N) is 3. The molecule has 0 unspecified atom stereocenters. The van der Waals surface area contributed by atoms with E-state index in [1.165, 1.54) is 0 Å². The number of methoxy groups -OCH3 is 1. The number of aliphatic hydroxyl groups is 1. The van der Waals surface area contributed by atoms with E-state index >= 15 is 0 Å².